The number of aromatic nitrogens is 1. The molecule has 6 heteroatoms. The molecule has 1 aromatic carbocycles. The fraction of sp³-hybridized carbons (Fsp3) is 0.316. The lowest BCUT2D eigenvalue weighted by Gasteiger charge is -2.10. The first-order valence-corrected chi connectivity index (χ1v) is 8.23. The van der Waals surface area contributed by atoms with E-state index in [9.17, 15) is 9.59 Å². The second-order valence-corrected chi connectivity index (χ2v) is 5.27. The van der Waals surface area contributed by atoms with Crippen LogP contribution in [0.15, 0.2) is 42.6 Å². The molecular formula is C19H22N2O4. The van der Waals surface area contributed by atoms with Crippen molar-refractivity contribution in [1.29, 1.82) is 0 Å². The van der Waals surface area contributed by atoms with Crippen molar-refractivity contribution in [2.45, 2.75) is 26.8 Å². The Morgan fingerprint density at radius 2 is 1.84 bits per heavy atom. The topological polar surface area (TPSA) is 77.5 Å². The summed E-state index contributed by atoms with van der Waals surface area (Å²) in [6.07, 6.45) is 2.10. The minimum absolute atomic E-state index is 0.0749. The second-order valence-electron chi connectivity index (χ2n) is 5.27. The molecule has 0 radical (unpaired) electrons. The lowest BCUT2D eigenvalue weighted by atomic mass is 10.1. The zero-order valence-corrected chi connectivity index (χ0v) is 14.5. The van der Waals surface area contributed by atoms with Gasteiger partial charge in [-0.05, 0) is 37.3 Å². The number of nitrogens with one attached hydrogen (secondary N) is 1. The molecule has 0 aliphatic rings. The summed E-state index contributed by atoms with van der Waals surface area (Å²) in [5.41, 5.74) is 1.44. The van der Waals surface area contributed by atoms with Crippen LogP contribution >= 0.6 is 0 Å². The number of ketones is 1. The lowest BCUT2D eigenvalue weighted by Crippen LogP contribution is -2.28. The Hall–Kier alpha value is -2.89. The van der Waals surface area contributed by atoms with Crippen molar-refractivity contribution < 1.29 is 19.1 Å². The van der Waals surface area contributed by atoms with Gasteiger partial charge in [-0.25, -0.2) is 4.98 Å². The molecule has 1 amide bonds. The summed E-state index contributed by atoms with van der Waals surface area (Å²) in [6, 6.07) is 10.4. The molecule has 25 heavy (non-hydrogen) atoms. The summed E-state index contributed by atoms with van der Waals surface area (Å²) in [6.45, 7) is 4.42. The normalized spacial score (nSPS) is 10.2. The van der Waals surface area contributed by atoms with Gasteiger partial charge in [0, 0.05) is 30.3 Å². The van der Waals surface area contributed by atoms with Crippen LogP contribution in [0, 0.1) is 0 Å². The van der Waals surface area contributed by atoms with Gasteiger partial charge in [-0.1, -0.05) is 13.0 Å². The molecule has 2 aromatic rings. The standard InChI is InChI=1S/C19H22N2O4/c1-3-17(22)14-7-9-16(10-8-14)25-13-18(23)21-12-15-6-5-11-20-19(15)24-4-2/h5-11H,3-4,12-13H2,1-2H3,(H,21,23). The smallest absolute Gasteiger partial charge is 0.258 e. The van der Waals surface area contributed by atoms with Gasteiger partial charge in [0.1, 0.15) is 5.75 Å². The Balaban J connectivity index is 1.82. The van der Waals surface area contributed by atoms with Crippen LogP contribution < -0.4 is 14.8 Å². The Bertz CT molecular complexity index is 714. The van der Waals surface area contributed by atoms with Crippen molar-refractivity contribution in [1.82, 2.24) is 10.3 Å². The molecule has 132 valence electrons. The molecule has 0 atom stereocenters. The molecule has 0 spiro atoms. The van der Waals surface area contributed by atoms with Crippen LogP contribution in [0.25, 0.3) is 0 Å². The number of nitrogens with zero attached hydrogens (tertiary/aromatic N) is 1. The highest BCUT2D eigenvalue weighted by Gasteiger charge is 2.08. The molecule has 0 aliphatic heterocycles. The minimum atomic E-state index is -0.250. The van der Waals surface area contributed by atoms with Crippen molar-refractivity contribution in [3.8, 4) is 11.6 Å². The van der Waals surface area contributed by atoms with E-state index in [-0.39, 0.29) is 18.3 Å². The number of rotatable bonds is 9. The summed E-state index contributed by atoms with van der Waals surface area (Å²) in [4.78, 5) is 27.6. The predicted octanol–water partition coefficient (Wildman–Crippen LogP) is 2.77. The average molecular weight is 342 g/mol. The van der Waals surface area contributed by atoms with E-state index >= 15 is 0 Å². The van der Waals surface area contributed by atoms with Crippen molar-refractivity contribution in [2.24, 2.45) is 0 Å². The molecule has 0 aliphatic carbocycles. The Labute approximate surface area is 147 Å². The van der Waals surface area contributed by atoms with Gasteiger partial charge in [0.25, 0.3) is 5.91 Å². The highest BCUT2D eigenvalue weighted by molar-refractivity contribution is 5.95. The number of amides is 1. The average Bonchev–Trinajstić information content (AvgIpc) is 2.65. The van der Waals surface area contributed by atoms with E-state index in [2.05, 4.69) is 10.3 Å². The quantitative estimate of drug-likeness (QED) is 0.709. The first-order chi connectivity index (χ1) is 12.1. The number of carbonyl (C=O) groups excluding carboxylic acids is 2. The lowest BCUT2D eigenvalue weighted by molar-refractivity contribution is -0.123. The summed E-state index contributed by atoms with van der Waals surface area (Å²) >= 11 is 0. The minimum Gasteiger partial charge on any atom is -0.484 e. The molecule has 6 nitrogen and oxygen atoms in total. The molecule has 1 N–H and O–H groups in total. The number of carbonyl (C=O) groups is 2. The summed E-state index contributed by atoms with van der Waals surface area (Å²) in [5.74, 6) is 0.882. The van der Waals surface area contributed by atoms with Gasteiger partial charge in [-0.2, -0.15) is 0 Å². The summed E-state index contributed by atoms with van der Waals surface area (Å²) in [5, 5.41) is 2.77. The predicted molar refractivity (Wildman–Crippen MR) is 93.8 cm³/mol. The molecule has 2 rings (SSSR count). The first-order valence-electron chi connectivity index (χ1n) is 8.23. The van der Waals surface area contributed by atoms with Crippen molar-refractivity contribution in [3.63, 3.8) is 0 Å². The molecule has 0 bridgehead atoms. The summed E-state index contributed by atoms with van der Waals surface area (Å²) < 4.78 is 10.8. The monoisotopic (exact) mass is 342 g/mol. The van der Waals surface area contributed by atoms with Crippen LogP contribution in [0.5, 0.6) is 11.6 Å². The van der Waals surface area contributed by atoms with Gasteiger partial charge >= 0.3 is 0 Å². The van der Waals surface area contributed by atoms with Crippen molar-refractivity contribution in [3.05, 3.63) is 53.7 Å². The third kappa shape index (κ3) is 5.60. The number of ether oxygens (including phenoxy) is 2. The highest BCUT2D eigenvalue weighted by atomic mass is 16.5. The third-order valence-electron chi connectivity index (χ3n) is 3.47. The van der Waals surface area contributed by atoms with Crippen LogP contribution in [-0.2, 0) is 11.3 Å². The van der Waals surface area contributed by atoms with Crippen LogP contribution in [-0.4, -0.2) is 29.9 Å². The van der Waals surface area contributed by atoms with Crippen LogP contribution in [0.2, 0.25) is 0 Å². The van der Waals surface area contributed by atoms with Gasteiger partial charge in [0.15, 0.2) is 12.4 Å². The highest BCUT2D eigenvalue weighted by Crippen LogP contribution is 2.15. The molecule has 1 heterocycles. The molecule has 0 unspecified atom stereocenters. The molecule has 1 aromatic heterocycles. The molecule has 0 saturated carbocycles. The summed E-state index contributed by atoms with van der Waals surface area (Å²) in [7, 11) is 0. The van der Waals surface area contributed by atoms with Gasteiger partial charge in [0.2, 0.25) is 5.88 Å². The number of benzene rings is 1. The largest absolute Gasteiger partial charge is 0.484 e. The fourth-order valence-corrected chi connectivity index (χ4v) is 2.16. The van der Waals surface area contributed by atoms with Crippen molar-refractivity contribution >= 4 is 11.7 Å². The second kappa shape index (κ2) is 9.42. The number of Topliss-reactive ketones (excluding diaryl/α,β-unsaturated/α-hetero) is 1. The zero-order chi connectivity index (χ0) is 18.1. The van der Waals surface area contributed by atoms with Crippen LogP contribution in [0.3, 0.4) is 0 Å². The van der Waals surface area contributed by atoms with Gasteiger partial charge in [0.05, 0.1) is 6.61 Å². The maximum absolute atomic E-state index is 11.9. The first kappa shape index (κ1) is 18.4. The Morgan fingerprint density at radius 3 is 2.52 bits per heavy atom. The maximum atomic E-state index is 11.9. The molecular weight excluding hydrogens is 320 g/mol. The Kier molecular flexibility index (Phi) is 6.95. The van der Waals surface area contributed by atoms with Gasteiger partial charge in [-0.15, -0.1) is 0 Å². The van der Waals surface area contributed by atoms with Crippen LogP contribution in [0.1, 0.15) is 36.2 Å². The van der Waals surface area contributed by atoms with E-state index in [1.807, 2.05) is 19.9 Å². The fourth-order valence-electron chi connectivity index (χ4n) is 2.16. The third-order valence-corrected chi connectivity index (χ3v) is 3.47. The van der Waals surface area contributed by atoms with E-state index in [0.29, 0.717) is 36.8 Å². The van der Waals surface area contributed by atoms with E-state index < -0.39 is 0 Å². The van der Waals surface area contributed by atoms with E-state index in [4.69, 9.17) is 9.47 Å². The van der Waals surface area contributed by atoms with Gasteiger partial charge in [-0.3, -0.25) is 9.59 Å². The van der Waals surface area contributed by atoms with Crippen LogP contribution in [0.4, 0.5) is 0 Å². The number of hydrogen-bond donors (Lipinski definition) is 1. The van der Waals surface area contributed by atoms with E-state index in [1.54, 1.807) is 36.5 Å². The molecule has 0 fully saturated rings. The van der Waals surface area contributed by atoms with E-state index in [0.717, 1.165) is 5.56 Å². The Morgan fingerprint density at radius 1 is 1.08 bits per heavy atom. The number of pyridine rings is 1. The molecule has 0 saturated heterocycles. The van der Waals surface area contributed by atoms with Gasteiger partial charge < -0.3 is 14.8 Å². The maximum Gasteiger partial charge on any atom is 0.258 e. The zero-order valence-electron chi connectivity index (χ0n) is 14.5. The number of hydrogen-bond acceptors (Lipinski definition) is 5. The van der Waals surface area contributed by atoms with Crippen molar-refractivity contribution in [2.75, 3.05) is 13.2 Å². The van der Waals surface area contributed by atoms with E-state index in [1.165, 1.54) is 0 Å². The SMILES string of the molecule is CCOc1ncccc1CNC(=O)COc1ccc(C(=O)CC)cc1.